The highest BCUT2D eigenvalue weighted by Crippen LogP contribution is 2.39. The molecule has 0 aliphatic carbocycles. The lowest BCUT2D eigenvalue weighted by molar-refractivity contribution is -0.660. The third-order valence-corrected chi connectivity index (χ3v) is 12.5. The number of benzene rings is 6. The van der Waals surface area contributed by atoms with E-state index in [1.165, 1.54) is 27.8 Å². The normalized spacial score (nSPS) is 12.6. The first-order valence-electron chi connectivity index (χ1n) is 22.8. The molecule has 9 rings (SSSR count). The summed E-state index contributed by atoms with van der Waals surface area (Å²) in [5, 5.41) is 7.59. The molecule has 0 unspecified atom stereocenters. The molecule has 328 valence electrons. The summed E-state index contributed by atoms with van der Waals surface area (Å²) >= 11 is 0. The van der Waals surface area contributed by atoms with Gasteiger partial charge in [-0.1, -0.05) is 174 Å². The van der Waals surface area contributed by atoms with Gasteiger partial charge in [0.1, 0.15) is 17.3 Å². The van der Waals surface area contributed by atoms with Crippen LogP contribution in [0.2, 0.25) is 0 Å². The van der Waals surface area contributed by atoms with Gasteiger partial charge in [-0.3, -0.25) is 9.13 Å². The Morgan fingerprint density at radius 3 is 1.72 bits per heavy atom. The fourth-order valence-electron chi connectivity index (χ4n) is 8.44. The third-order valence-electron chi connectivity index (χ3n) is 12.5. The molecule has 0 fully saturated rings. The standard InChI is InChI=1S/C59H61N5O/c1-56(2,3)42-27-28-60-54(35-42)64-52-26-23-41(39-19-15-13-16-20-39)29-51(52)50-25-24-48(37-53(50)64)65-49-34-45(59(10,11)12)31-46(36-49)62-38-63(61-55(62)40-21-17-14-18-22-40)47-32-43(57(4,5)6)30-44(33-47)58(7,8)9/h13-37H,1-12H3. The molecule has 6 aromatic carbocycles. The molecule has 0 N–H and O–H groups in total. The summed E-state index contributed by atoms with van der Waals surface area (Å²) in [4.78, 5) is 4.97. The van der Waals surface area contributed by atoms with Crippen LogP contribution in [0.5, 0.6) is 11.5 Å². The molecule has 6 nitrogen and oxygen atoms in total. The summed E-state index contributed by atoms with van der Waals surface area (Å²) in [6.07, 6.45) is 5.62. The van der Waals surface area contributed by atoms with Crippen molar-refractivity contribution in [2.45, 2.75) is 105 Å². The lowest BCUT2D eigenvalue weighted by Gasteiger charge is -2.26. The number of pyridine rings is 1. The summed E-state index contributed by atoms with van der Waals surface area (Å²) in [5.41, 5.74) is 11.9. The number of rotatable bonds is 7. The minimum Gasteiger partial charge on any atom is -0.458 e. The van der Waals surface area contributed by atoms with Crippen molar-refractivity contribution in [3.8, 4) is 51.2 Å². The molecule has 0 saturated heterocycles. The van der Waals surface area contributed by atoms with E-state index in [0.717, 1.165) is 67.4 Å². The van der Waals surface area contributed by atoms with Gasteiger partial charge in [0.15, 0.2) is 5.82 Å². The van der Waals surface area contributed by atoms with Crippen LogP contribution in [0.3, 0.4) is 0 Å². The smallest absolute Gasteiger partial charge is 0.273 e. The molecule has 0 atom stereocenters. The van der Waals surface area contributed by atoms with Crippen LogP contribution in [0, 0.1) is 6.33 Å². The lowest BCUT2D eigenvalue weighted by atomic mass is 9.80. The monoisotopic (exact) mass is 855 g/mol. The summed E-state index contributed by atoms with van der Waals surface area (Å²) < 4.78 is 13.3. The fourth-order valence-corrected chi connectivity index (χ4v) is 8.44. The van der Waals surface area contributed by atoms with Crippen LogP contribution in [0.25, 0.3) is 61.5 Å². The van der Waals surface area contributed by atoms with Crippen LogP contribution >= 0.6 is 0 Å². The molecule has 0 spiro atoms. The highest BCUT2D eigenvalue weighted by Gasteiger charge is 2.25. The van der Waals surface area contributed by atoms with E-state index in [2.05, 4.69) is 238 Å². The van der Waals surface area contributed by atoms with Gasteiger partial charge in [-0.25, -0.2) is 4.98 Å². The average molecular weight is 856 g/mol. The van der Waals surface area contributed by atoms with Crippen molar-refractivity contribution >= 4 is 21.8 Å². The quantitative estimate of drug-likeness (QED) is 0.119. The second-order valence-electron chi connectivity index (χ2n) is 21.6. The van der Waals surface area contributed by atoms with Crippen LogP contribution in [0.1, 0.15) is 105 Å². The fraction of sp³-hybridized carbons (Fsp3) is 0.271. The maximum Gasteiger partial charge on any atom is 0.273 e. The molecule has 0 saturated carbocycles. The Labute approximate surface area is 385 Å². The van der Waals surface area contributed by atoms with E-state index in [9.17, 15) is 0 Å². The molecular formula is C59H61N5O. The van der Waals surface area contributed by atoms with Gasteiger partial charge in [0.25, 0.3) is 6.33 Å². The predicted octanol–water partition coefficient (Wildman–Crippen LogP) is 14.8. The Balaban J connectivity index is 1.21. The van der Waals surface area contributed by atoms with Crippen molar-refractivity contribution in [3.05, 3.63) is 180 Å². The van der Waals surface area contributed by atoms with Gasteiger partial charge in [0.2, 0.25) is 0 Å². The van der Waals surface area contributed by atoms with Crippen molar-refractivity contribution in [3.63, 3.8) is 0 Å². The van der Waals surface area contributed by atoms with E-state index >= 15 is 0 Å². The Kier molecular flexibility index (Phi) is 10.7. The first-order chi connectivity index (χ1) is 30.7. The third kappa shape index (κ3) is 8.75. The minimum atomic E-state index is -0.184. The summed E-state index contributed by atoms with van der Waals surface area (Å²) in [6, 6.07) is 51.8. The second-order valence-corrected chi connectivity index (χ2v) is 21.6. The highest BCUT2D eigenvalue weighted by atomic mass is 16.5. The van der Waals surface area contributed by atoms with Gasteiger partial charge >= 0.3 is 0 Å². The second kappa shape index (κ2) is 16.0. The Morgan fingerprint density at radius 1 is 0.477 bits per heavy atom. The number of ether oxygens (including phenoxy) is 1. The molecule has 6 heteroatoms. The molecule has 3 heterocycles. The molecule has 0 bridgehead atoms. The van der Waals surface area contributed by atoms with E-state index in [4.69, 9.17) is 14.8 Å². The number of aromatic nitrogens is 5. The highest BCUT2D eigenvalue weighted by molar-refractivity contribution is 6.10. The van der Waals surface area contributed by atoms with Gasteiger partial charge in [-0.05, 0) is 104 Å². The molecule has 9 aromatic rings. The topological polar surface area (TPSA) is 48.8 Å². The molecule has 0 aliphatic rings. The van der Waals surface area contributed by atoms with Crippen LogP contribution in [-0.4, -0.2) is 19.2 Å². The van der Waals surface area contributed by atoms with E-state index < -0.39 is 0 Å². The first-order valence-corrected chi connectivity index (χ1v) is 22.8. The number of fused-ring (bicyclic) bond motifs is 3. The minimum absolute atomic E-state index is 0.0425. The zero-order chi connectivity index (χ0) is 46.1. The first kappa shape index (κ1) is 43.5. The van der Waals surface area contributed by atoms with E-state index in [-0.39, 0.29) is 21.7 Å². The van der Waals surface area contributed by atoms with Crippen LogP contribution in [0.15, 0.2) is 152 Å². The Hall–Kier alpha value is -6.79. The number of hydrogen-bond donors (Lipinski definition) is 0. The van der Waals surface area contributed by atoms with Crippen molar-refractivity contribution in [2.75, 3.05) is 0 Å². The summed E-state index contributed by atoms with van der Waals surface area (Å²) in [7, 11) is 0. The van der Waals surface area contributed by atoms with E-state index in [0.29, 0.717) is 0 Å². The molecule has 3 aromatic heterocycles. The van der Waals surface area contributed by atoms with Gasteiger partial charge in [-0.15, -0.1) is 5.10 Å². The zero-order valence-electron chi connectivity index (χ0n) is 40.1. The Morgan fingerprint density at radius 2 is 1.09 bits per heavy atom. The van der Waals surface area contributed by atoms with Crippen molar-refractivity contribution < 1.29 is 9.42 Å². The lowest BCUT2D eigenvalue weighted by Crippen LogP contribution is -2.34. The molecule has 0 radical (unpaired) electrons. The summed E-state index contributed by atoms with van der Waals surface area (Å²) in [5.74, 6) is 3.12. The van der Waals surface area contributed by atoms with E-state index in [1.54, 1.807) is 0 Å². The molecule has 0 amide bonds. The van der Waals surface area contributed by atoms with Crippen LogP contribution in [-0.2, 0) is 21.7 Å². The van der Waals surface area contributed by atoms with Gasteiger partial charge in [0.05, 0.1) is 22.4 Å². The van der Waals surface area contributed by atoms with E-state index in [1.807, 2.05) is 16.9 Å². The Bertz CT molecular complexity index is 3170. The maximum absolute atomic E-state index is 7.00. The van der Waals surface area contributed by atoms with Crippen molar-refractivity contribution in [1.82, 2.24) is 19.2 Å². The van der Waals surface area contributed by atoms with Gasteiger partial charge < -0.3 is 4.74 Å². The predicted molar refractivity (Wildman–Crippen MR) is 268 cm³/mol. The zero-order valence-corrected chi connectivity index (χ0v) is 40.1. The van der Waals surface area contributed by atoms with Crippen LogP contribution < -0.4 is 9.42 Å². The average Bonchev–Trinajstić information content (AvgIpc) is 3.86. The SMILES string of the molecule is CC(C)(C)c1cc(Oc2ccc3c4cc(-c5ccccc5)ccc4n(-c4cc(C(C)(C)C)ccn4)c3c2)cc(-n2[c-][n+](-c3cc(C(C)(C)C)cc(C(C)(C)C)c3)nc2-c2ccccc2)c1. The maximum atomic E-state index is 7.00. The molecule has 0 aliphatic heterocycles. The van der Waals surface area contributed by atoms with Crippen LogP contribution in [0.4, 0.5) is 0 Å². The largest absolute Gasteiger partial charge is 0.458 e. The molecular weight excluding hydrogens is 795 g/mol. The molecule has 65 heavy (non-hydrogen) atoms. The van der Waals surface area contributed by atoms with Gasteiger partial charge in [0, 0.05) is 28.6 Å². The number of nitrogens with zero attached hydrogens (tertiary/aromatic N) is 5. The van der Waals surface area contributed by atoms with Crippen molar-refractivity contribution in [1.29, 1.82) is 0 Å². The number of hydrogen-bond acceptors (Lipinski definition) is 3. The summed E-state index contributed by atoms with van der Waals surface area (Å²) in [6.45, 7) is 27.0. The van der Waals surface area contributed by atoms with Crippen molar-refractivity contribution in [2.24, 2.45) is 0 Å². The van der Waals surface area contributed by atoms with Gasteiger partial charge in [-0.2, -0.15) is 4.68 Å².